The Morgan fingerprint density at radius 2 is 2.15 bits per heavy atom. The molecule has 3 aliphatic rings. The summed E-state index contributed by atoms with van der Waals surface area (Å²) in [5.41, 5.74) is 1.65. The maximum Gasteiger partial charge on any atom is 0.226 e. The van der Waals surface area contributed by atoms with Crippen molar-refractivity contribution in [1.29, 1.82) is 0 Å². The number of carbonyl (C=O) groups is 1. The summed E-state index contributed by atoms with van der Waals surface area (Å²) >= 11 is 0. The quantitative estimate of drug-likeness (QED) is 0.846. The second-order valence-electron chi connectivity index (χ2n) is 6.77. The lowest BCUT2D eigenvalue weighted by Gasteiger charge is -2.40. The van der Waals surface area contributed by atoms with Gasteiger partial charge in [-0.1, -0.05) is 18.6 Å². The maximum absolute atomic E-state index is 12.3. The molecule has 1 spiro atoms. The van der Waals surface area contributed by atoms with Gasteiger partial charge in [0.1, 0.15) is 11.9 Å². The third kappa shape index (κ3) is 1.91. The van der Waals surface area contributed by atoms with Gasteiger partial charge in [-0.2, -0.15) is 0 Å². The van der Waals surface area contributed by atoms with Gasteiger partial charge < -0.3 is 9.64 Å². The molecule has 1 aromatic carbocycles. The van der Waals surface area contributed by atoms with Crippen molar-refractivity contribution in [3.8, 4) is 5.75 Å². The molecule has 0 unspecified atom stereocenters. The zero-order chi connectivity index (χ0) is 13.7. The Labute approximate surface area is 119 Å². The zero-order valence-corrected chi connectivity index (χ0v) is 12.0. The van der Waals surface area contributed by atoms with Crippen LogP contribution in [0.4, 0.5) is 0 Å². The number of hydrogen-bond acceptors (Lipinski definition) is 2. The number of amides is 1. The van der Waals surface area contributed by atoms with E-state index in [1.165, 1.54) is 24.8 Å². The standard InChI is InChI=1S/C17H21NO2/c1-12-4-2-5-13(8-12)20-14-10-18(11-14)16(19)15-9-17(15)6-3-7-17/h2,4-5,8,14-15H,3,6-7,9-11H2,1H3/t15-/m0/s1. The van der Waals surface area contributed by atoms with Crippen LogP contribution >= 0.6 is 0 Å². The van der Waals surface area contributed by atoms with Gasteiger partial charge in [0, 0.05) is 5.92 Å². The highest BCUT2D eigenvalue weighted by molar-refractivity contribution is 5.83. The van der Waals surface area contributed by atoms with Crippen LogP contribution in [-0.4, -0.2) is 30.0 Å². The molecule has 1 aliphatic heterocycles. The number of aryl methyl sites for hydroxylation is 1. The third-order valence-corrected chi connectivity index (χ3v) is 5.29. The van der Waals surface area contributed by atoms with Crippen molar-refractivity contribution < 1.29 is 9.53 Å². The van der Waals surface area contributed by atoms with E-state index in [0.717, 1.165) is 25.3 Å². The van der Waals surface area contributed by atoms with E-state index in [4.69, 9.17) is 4.74 Å². The minimum Gasteiger partial charge on any atom is -0.487 e. The van der Waals surface area contributed by atoms with E-state index in [1.807, 2.05) is 17.0 Å². The first-order valence-electron chi connectivity index (χ1n) is 7.68. The highest BCUT2D eigenvalue weighted by atomic mass is 16.5. The van der Waals surface area contributed by atoms with Crippen LogP contribution in [0.15, 0.2) is 24.3 Å². The fourth-order valence-corrected chi connectivity index (χ4v) is 3.67. The molecular formula is C17H21NO2. The first-order chi connectivity index (χ1) is 9.66. The molecule has 0 radical (unpaired) electrons. The predicted octanol–water partition coefficient (Wildman–Crippen LogP) is 2.77. The topological polar surface area (TPSA) is 29.5 Å². The Morgan fingerprint density at radius 3 is 2.75 bits per heavy atom. The molecule has 0 N–H and O–H groups in total. The smallest absolute Gasteiger partial charge is 0.226 e. The van der Waals surface area contributed by atoms with Crippen LogP contribution in [0.3, 0.4) is 0 Å². The predicted molar refractivity (Wildman–Crippen MR) is 76.6 cm³/mol. The van der Waals surface area contributed by atoms with Crippen molar-refractivity contribution in [2.45, 2.75) is 38.7 Å². The van der Waals surface area contributed by atoms with E-state index in [0.29, 0.717) is 17.2 Å². The SMILES string of the molecule is Cc1cccc(OC2CN(C(=O)[C@@H]3CC34CCC4)C2)c1. The van der Waals surface area contributed by atoms with Crippen LogP contribution in [0.5, 0.6) is 5.75 Å². The van der Waals surface area contributed by atoms with Gasteiger partial charge in [-0.05, 0) is 49.3 Å². The van der Waals surface area contributed by atoms with Crippen LogP contribution in [0.2, 0.25) is 0 Å². The van der Waals surface area contributed by atoms with Crippen molar-refractivity contribution in [3.63, 3.8) is 0 Å². The molecule has 4 rings (SSSR count). The fourth-order valence-electron chi connectivity index (χ4n) is 3.67. The molecule has 3 nitrogen and oxygen atoms in total. The monoisotopic (exact) mass is 271 g/mol. The number of benzene rings is 1. The maximum atomic E-state index is 12.3. The van der Waals surface area contributed by atoms with E-state index in [1.54, 1.807) is 0 Å². The lowest BCUT2D eigenvalue weighted by molar-refractivity contribution is -0.142. The Morgan fingerprint density at radius 1 is 1.35 bits per heavy atom. The summed E-state index contributed by atoms with van der Waals surface area (Å²) in [5.74, 6) is 1.65. The first-order valence-corrected chi connectivity index (χ1v) is 7.68. The normalized spacial score (nSPS) is 26.9. The summed E-state index contributed by atoms with van der Waals surface area (Å²) in [4.78, 5) is 14.3. The van der Waals surface area contributed by atoms with E-state index in [2.05, 4.69) is 19.1 Å². The zero-order valence-electron chi connectivity index (χ0n) is 12.0. The Hall–Kier alpha value is -1.51. The van der Waals surface area contributed by atoms with E-state index >= 15 is 0 Å². The first kappa shape index (κ1) is 12.2. The number of ether oxygens (including phenoxy) is 1. The second kappa shape index (κ2) is 4.24. The molecule has 2 saturated carbocycles. The van der Waals surface area contributed by atoms with Gasteiger partial charge in [-0.25, -0.2) is 0 Å². The number of carbonyl (C=O) groups excluding carboxylic acids is 1. The number of rotatable bonds is 3. The van der Waals surface area contributed by atoms with Crippen LogP contribution in [-0.2, 0) is 4.79 Å². The number of hydrogen-bond donors (Lipinski definition) is 0. The molecule has 106 valence electrons. The summed E-state index contributed by atoms with van der Waals surface area (Å²) < 4.78 is 5.91. The van der Waals surface area contributed by atoms with Crippen molar-refractivity contribution in [3.05, 3.63) is 29.8 Å². The van der Waals surface area contributed by atoms with E-state index in [-0.39, 0.29) is 6.10 Å². The molecular weight excluding hydrogens is 250 g/mol. The molecule has 1 aromatic rings. The van der Waals surface area contributed by atoms with Crippen LogP contribution in [0, 0.1) is 18.3 Å². The summed E-state index contributed by atoms with van der Waals surface area (Å²) in [6.07, 6.45) is 5.20. The van der Waals surface area contributed by atoms with Gasteiger partial charge in [0.15, 0.2) is 0 Å². The highest BCUT2D eigenvalue weighted by Crippen LogP contribution is 2.66. The van der Waals surface area contributed by atoms with Gasteiger partial charge in [0.05, 0.1) is 13.1 Å². The van der Waals surface area contributed by atoms with E-state index in [9.17, 15) is 4.79 Å². The van der Waals surface area contributed by atoms with Crippen LogP contribution in [0.1, 0.15) is 31.2 Å². The molecule has 2 aliphatic carbocycles. The molecule has 3 heteroatoms. The van der Waals surface area contributed by atoms with E-state index < -0.39 is 0 Å². The molecule has 0 aromatic heterocycles. The largest absolute Gasteiger partial charge is 0.487 e. The lowest BCUT2D eigenvalue weighted by Crippen LogP contribution is -2.57. The second-order valence-corrected chi connectivity index (χ2v) is 6.77. The molecule has 3 fully saturated rings. The fraction of sp³-hybridized carbons (Fsp3) is 0.588. The molecule has 1 heterocycles. The summed E-state index contributed by atoms with van der Waals surface area (Å²) in [6.45, 7) is 3.59. The molecule has 1 atom stereocenters. The average molecular weight is 271 g/mol. The third-order valence-electron chi connectivity index (χ3n) is 5.29. The van der Waals surface area contributed by atoms with Gasteiger partial charge in [-0.15, -0.1) is 0 Å². The van der Waals surface area contributed by atoms with Crippen molar-refractivity contribution in [2.24, 2.45) is 11.3 Å². The number of nitrogens with zero attached hydrogens (tertiary/aromatic N) is 1. The Balaban J connectivity index is 1.28. The lowest BCUT2D eigenvalue weighted by atomic mass is 9.79. The van der Waals surface area contributed by atoms with Crippen molar-refractivity contribution in [2.75, 3.05) is 13.1 Å². The van der Waals surface area contributed by atoms with Gasteiger partial charge in [0.25, 0.3) is 0 Å². The van der Waals surface area contributed by atoms with Crippen LogP contribution < -0.4 is 4.74 Å². The molecule has 1 saturated heterocycles. The Kier molecular flexibility index (Phi) is 2.60. The van der Waals surface area contributed by atoms with Gasteiger partial charge in [0.2, 0.25) is 5.91 Å². The average Bonchev–Trinajstić information content (AvgIpc) is 3.08. The minimum atomic E-state index is 0.178. The minimum absolute atomic E-state index is 0.178. The molecule has 20 heavy (non-hydrogen) atoms. The van der Waals surface area contributed by atoms with Gasteiger partial charge in [-0.3, -0.25) is 4.79 Å². The van der Waals surface area contributed by atoms with Gasteiger partial charge >= 0.3 is 0 Å². The van der Waals surface area contributed by atoms with Crippen molar-refractivity contribution in [1.82, 2.24) is 4.90 Å². The summed E-state index contributed by atoms with van der Waals surface area (Å²) in [5, 5.41) is 0. The van der Waals surface area contributed by atoms with Crippen molar-refractivity contribution >= 4 is 5.91 Å². The van der Waals surface area contributed by atoms with Crippen LogP contribution in [0.25, 0.3) is 0 Å². The number of likely N-dealkylation sites (tertiary alicyclic amines) is 1. The Bertz CT molecular complexity index is 544. The molecule has 1 amide bonds. The highest BCUT2D eigenvalue weighted by Gasteiger charge is 2.62. The summed E-state index contributed by atoms with van der Waals surface area (Å²) in [6, 6.07) is 8.11. The molecule has 0 bridgehead atoms. The summed E-state index contributed by atoms with van der Waals surface area (Å²) in [7, 11) is 0.